The average Bonchev–Trinajstić information content (AvgIpc) is 2.58. The third-order valence-corrected chi connectivity index (χ3v) is 2.57. The summed E-state index contributed by atoms with van der Waals surface area (Å²) in [6.45, 7) is 7.47. The summed E-state index contributed by atoms with van der Waals surface area (Å²) in [5, 5.41) is 5.70. The molecule has 1 aromatic carbocycles. The molecule has 2 heteroatoms. The van der Waals surface area contributed by atoms with Gasteiger partial charge in [0, 0.05) is 18.1 Å². The fourth-order valence-corrected chi connectivity index (χ4v) is 1.62. The predicted molar refractivity (Wildman–Crippen MR) is 59.5 cm³/mol. The molecule has 0 unspecified atom stereocenters. The lowest BCUT2D eigenvalue weighted by Gasteiger charge is -2.03. The molecule has 0 fully saturated rings. The highest BCUT2D eigenvalue weighted by atomic mass is 15.3. The molecule has 2 aromatic rings. The van der Waals surface area contributed by atoms with E-state index in [9.17, 15) is 0 Å². The standard InChI is InChI=1S/C12H16N2/c1-4-14-8-11-7-10(9(2)3)5-6-12(11)13-14/h5-9H,4H2,1-3H3. The first-order valence-corrected chi connectivity index (χ1v) is 5.18. The summed E-state index contributed by atoms with van der Waals surface area (Å²) in [5.74, 6) is 0.587. The molecule has 0 aliphatic heterocycles. The molecule has 0 saturated heterocycles. The molecule has 0 saturated carbocycles. The van der Waals surface area contributed by atoms with Crippen LogP contribution in [0.4, 0.5) is 0 Å². The lowest BCUT2D eigenvalue weighted by Crippen LogP contribution is -1.92. The largest absolute Gasteiger partial charge is 0.272 e. The van der Waals surface area contributed by atoms with E-state index in [1.807, 2.05) is 4.68 Å². The van der Waals surface area contributed by atoms with E-state index in [1.165, 1.54) is 10.9 Å². The van der Waals surface area contributed by atoms with Gasteiger partial charge < -0.3 is 0 Å². The first kappa shape index (κ1) is 9.25. The topological polar surface area (TPSA) is 17.8 Å². The van der Waals surface area contributed by atoms with Crippen molar-refractivity contribution in [1.29, 1.82) is 0 Å². The van der Waals surface area contributed by atoms with Gasteiger partial charge in [-0.15, -0.1) is 0 Å². The highest BCUT2D eigenvalue weighted by molar-refractivity contribution is 5.78. The molecule has 0 aliphatic carbocycles. The lowest BCUT2D eigenvalue weighted by atomic mass is 10.0. The first-order chi connectivity index (χ1) is 6.70. The minimum absolute atomic E-state index is 0.587. The Morgan fingerprint density at radius 3 is 2.79 bits per heavy atom. The molecule has 0 spiro atoms. The van der Waals surface area contributed by atoms with Gasteiger partial charge in [0.15, 0.2) is 0 Å². The van der Waals surface area contributed by atoms with Gasteiger partial charge in [0.05, 0.1) is 5.52 Å². The highest BCUT2D eigenvalue weighted by Gasteiger charge is 2.03. The Labute approximate surface area is 84.5 Å². The third-order valence-electron chi connectivity index (χ3n) is 2.57. The summed E-state index contributed by atoms with van der Waals surface area (Å²) in [6, 6.07) is 6.51. The van der Waals surface area contributed by atoms with Crippen LogP contribution in [0.25, 0.3) is 10.9 Å². The lowest BCUT2D eigenvalue weighted by molar-refractivity contribution is 0.668. The van der Waals surface area contributed by atoms with E-state index in [4.69, 9.17) is 0 Å². The predicted octanol–water partition coefficient (Wildman–Crippen LogP) is 3.18. The van der Waals surface area contributed by atoms with Crippen molar-refractivity contribution in [3.8, 4) is 0 Å². The number of nitrogens with zero attached hydrogens (tertiary/aromatic N) is 2. The summed E-state index contributed by atoms with van der Waals surface area (Å²) in [5.41, 5.74) is 2.48. The normalized spacial score (nSPS) is 11.4. The van der Waals surface area contributed by atoms with Gasteiger partial charge >= 0.3 is 0 Å². The maximum Gasteiger partial charge on any atom is 0.0923 e. The van der Waals surface area contributed by atoms with Crippen molar-refractivity contribution in [1.82, 2.24) is 9.78 Å². The fourth-order valence-electron chi connectivity index (χ4n) is 1.62. The maximum atomic E-state index is 4.45. The number of hydrogen-bond donors (Lipinski definition) is 0. The van der Waals surface area contributed by atoms with Crippen molar-refractivity contribution >= 4 is 10.9 Å². The Bertz CT molecular complexity index is 441. The highest BCUT2D eigenvalue weighted by Crippen LogP contribution is 2.20. The van der Waals surface area contributed by atoms with E-state index in [2.05, 4.69) is 50.3 Å². The van der Waals surface area contributed by atoms with Gasteiger partial charge in [0.25, 0.3) is 0 Å². The summed E-state index contributed by atoms with van der Waals surface area (Å²) in [7, 11) is 0. The van der Waals surface area contributed by atoms with Gasteiger partial charge in [-0.05, 0) is 30.5 Å². The maximum absolute atomic E-state index is 4.45. The van der Waals surface area contributed by atoms with Crippen molar-refractivity contribution in [2.75, 3.05) is 0 Å². The molecule has 2 rings (SSSR count). The smallest absolute Gasteiger partial charge is 0.0923 e. The van der Waals surface area contributed by atoms with E-state index in [1.54, 1.807) is 0 Å². The van der Waals surface area contributed by atoms with Gasteiger partial charge in [-0.2, -0.15) is 5.10 Å². The van der Waals surface area contributed by atoms with Crippen LogP contribution in [0.5, 0.6) is 0 Å². The summed E-state index contributed by atoms with van der Waals surface area (Å²) >= 11 is 0. The number of fused-ring (bicyclic) bond motifs is 1. The van der Waals surface area contributed by atoms with Crippen molar-refractivity contribution in [2.45, 2.75) is 33.2 Å². The molecule has 74 valence electrons. The molecule has 0 aliphatic rings. The molecule has 0 bridgehead atoms. The van der Waals surface area contributed by atoms with Crippen molar-refractivity contribution in [3.63, 3.8) is 0 Å². The van der Waals surface area contributed by atoms with E-state index < -0.39 is 0 Å². The number of hydrogen-bond acceptors (Lipinski definition) is 1. The molecular weight excluding hydrogens is 172 g/mol. The van der Waals surface area contributed by atoms with Gasteiger partial charge in [-0.25, -0.2) is 0 Å². The van der Waals surface area contributed by atoms with Crippen LogP contribution in [0, 0.1) is 0 Å². The van der Waals surface area contributed by atoms with E-state index >= 15 is 0 Å². The summed E-state index contributed by atoms with van der Waals surface area (Å²) in [6.07, 6.45) is 2.11. The van der Waals surface area contributed by atoms with Gasteiger partial charge in [0.1, 0.15) is 0 Å². The summed E-state index contributed by atoms with van der Waals surface area (Å²) in [4.78, 5) is 0. The van der Waals surface area contributed by atoms with E-state index in [0.717, 1.165) is 12.1 Å². The Morgan fingerprint density at radius 2 is 2.14 bits per heavy atom. The first-order valence-electron chi connectivity index (χ1n) is 5.18. The van der Waals surface area contributed by atoms with Crippen LogP contribution in [0.15, 0.2) is 24.4 Å². The number of benzene rings is 1. The van der Waals surface area contributed by atoms with Crippen LogP contribution < -0.4 is 0 Å². The van der Waals surface area contributed by atoms with Crippen LogP contribution in [-0.2, 0) is 6.54 Å². The molecule has 0 N–H and O–H groups in total. The van der Waals surface area contributed by atoms with E-state index in [0.29, 0.717) is 5.92 Å². The zero-order chi connectivity index (χ0) is 10.1. The zero-order valence-corrected chi connectivity index (χ0v) is 8.99. The molecule has 1 aromatic heterocycles. The minimum atomic E-state index is 0.587. The average molecular weight is 188 g/mol. The Balaban J connectivity index is 2.54. The van der Waals surface area contributed by atoms with Crippen LogP contribution >= 0.6 is 0 Å². The van der Waals surface area contributed by atoms with E-state index in [-0.39, 0.29) is 0 Å². The van der Waals surface area contributed by atoms with Crippen molar-refractivity contribution < 1.29 is 0 Å². The molecule has 14 heavy (non-hydrogen) atoms. The molecule has 0 atom stereocenters. The van der Waals surface area contributed by atoms with Crippen LogP contribution in [0.1, 0.15) is 32.3 Å². The second-order valence-electron chi connectivity index (χ2n) is 3.96. The van der Waals surface area contributed by atoms with Crippen molar-refractivity contribution in [3.05, 3.63) is 30.0 Å². The minimum Gasteiger partial charge on any atom is -0.272 e. The number of aryl methyl sites for hydroxylation is 1. The monoisotopic (exact) mass is 188 g/mol. The molecule has 1 heterocycles. The summed E-state index contributed by atoms with van der Waals surface area (Å²) < 4.78 is 1.98. The number of aromatic nitrogens is 2. The van der Waals surface area contributed by atoms with Crippen molar-refractivity contribution in [2.24, 2.45) is 0 Å². The second kappa shape index (κ2) is 3.45. The Hall–Kier alpha value is -1.31. The number of rotatable bonds is 2. The fraction of sp³-hybridized carbons (Fsp3) is 0.417. The van der Waals surface area contributed by atoms with Gasteiger partial charge in [-0.1, -0.05) is 19.9 Å². The molecule has 2 nitrogen and oxygen atoms in total. The molecule has 0 radical (unpaired) electrons. The second-order valence-corrected chi connectivity index (χ2v) is 3.96. The molecule has 0 amide bonds. The SMILES string of the molecule is CCn1cc2cc(C(C)C)ccc2n1. The quantitative estimate of drug-likeness (QED) is 0.707. The van der Waals surface area contributed by atoms with Gasteiger partial charge in [0.2, 0.25) is 0 Å². The molecular formula is C12H16N2. The van der Waals surface area contributed by atoms with Crippen LogP contribution in [-0.4, -0.2) is 9.78 Å². The van der Waals surface area contributed by atoms with Crippen LogP contribution in [0.3, 0.4) is 0 Å². The Morgan fingerprint density at radius 1 is 1.36 bits per heavy atom. The van der Waals surface area contributed by atoms with Gasteiger partial charge in [-0.3, -0.25) is 4.68 Å². The third kappa shape index (κ3) is 1.52. The van der Waals surface area contributed by atoms with Crippen LogP contribution in [0.2, 0.25) is 0 Å². The Kier molecular flexibility index (Phi) is 2.28. The zero-order valence-electron chi connectivity index (χ0n) is 8.99.